The molecule has 1 N–H and O–H groups in total. The summed E-state index contributed by atoms with van der Waals surface area (Å²) in [6.45, 7) is 10.4. The number of nitrogens with one attached hydrogen (secondary N) is 1. The number of likely N-dealkylation sites (tertiary alicyclic amines) is 1. The quantitative estimate of drug-likeness (QED) is 0.0229. The van der Waals surface area contributed by atoms with Gasteiger partial charge in [-0.05, 0) is 57.1 Å². The molecule has 2 unspecified atom stereocenters. The Labute approximate surface area is 368 Å². The van der Waals surface area contributed by atoms with Crippen molar-refractivity contribution in [3.63, 3.8) is 0 Å². The van der Waals surface area contributed by atoms with Crippen LogP contribution in [-0.4, -0.2) is 72.8 Å². The summed E-state index contributed by atoms with van der Waals surface area (Å²) < 4.78 is 16.5. The van der Waals surface area contributed by atoms with Crippen molar-refractivity contribution in [2.75, 3.05) is 25.1 Å². The van der Waals surface area contributed by atoms with Crippen LogP contribution in [0.1, 0.15) is 205 Å². The number of esters is 3. The van der Waals surface area contributed by atoms with E-state index in [2.05, 4.69) is 19.2 Å². The Bertz CT molecular complexity index is 1330. The number of unbranched alkanes of at least 4 members (excludes halogenated alkanes) is 16. The van der Waals surface area contributed by atoms with Crippen molar-refractivity contribution in [3.05, 3.63) is 29.3 Å². The number of ether oxygens (including phenoxy) is 3. The van der Waals surface area contributed by atoms with E-state index < -0.39 is 42.3 Å². The maximum Gasteiger partial charge on any atom is 0.343 e. The van der Waals surface area contributed by atoms with E-state index in [1.807, 2.05) is 43.9 Å². The van der Waals surface area contributed by atoms with Gasteiger partial charge in [-0.15, -0.1) is 0 Å². The van der Waals surface area contributed by atoms with Crippen molar-refractivity contribution in [3.8, 4) is 0 Å². The fourth-order valence-electron chi connectivity index (χ4n) is 7.71. The van der Waals surface area contributed by atoms with Gasteiger partial charge in [-0.1, -0.05) is 155 Å². The lowest BCUT2D eigenvalue weighted by molar-refractivity contribution is -0.329. The SMILES string of the molecule is CCCCCCCCCCCC(=O)OCC(COC(=O)CCCCCCCCCCC)OC(=O)CCC(=O)OOC(CCC)N1CCCCC1C(=O)Nc1c(C)cccc1C. The summed E-state index contributed by atoms with van der Waals surface area (Å²) in [5.41, 5.74) is 2.75. The number of piperidine rings is 1. The minimum atomic E-state index is -1.02. The molecule has 1 heterocycles. The molecule has 1 aromatic rings. The maximum absolute atomic E-state index is 13.6. The predicted molar refractivity (Wildman–Crippen MR) is 239 cm³/mol. The summed E-state index contributed by atoms with van der Waals surface area (Å²) in [4.78, 5) is 77.4. The molecule has 1 fully saturated rings. The molecule has 0 aliphatic carbocycles. The molecule has 0 spiro atoms. The number of para-hydroxylation sites is 1. The zero-order valence-electron chi connectivity index (χ0n) is 38.7. The fraction of sp³-hybridized carbons (Fsp3) is 0.776. The molecule has 1 aliphatic rings. The molecule has 1 aliphatic heterocycles. The van der Waals surface area contributed by atoms with Gasteiger partial charge in [0.1, 0.15) is 13.2 Å². The van der Waals surface area contributed by atoms with Crippen LogP contribution in [0.5, 0.6) is 0 Å². The number of rotatable bonds is 35. The molecule has 348 valence electrons. The maximum atomic E-state index is 13.6. The van der Waals surface area contributed by atoms with E-state index in [4.69, 9.17) is 24.0 Å². The van der Waals surface area contributed by atoms with E-state index >= 15 is 0 Å². The van der Waals surface area contributed by atoms with E-state index in [-0.39, 0.29) is 44.8 Å². The van der Waals surface area contributed by atoms with Gasteiger partial charge in [-0.25, -0.2) is 4.79 Å². The minimum absolute atomic E-state index is 0.131. The first kappa shape index (κ1) is 53.6. The monoisotopic (exact) mass is 859 g/mol. The summed E-state index contributed by atoms with van der Waals surface area (Å²) in [6, 6.07) is 5.42. The van der Waals surface area contributed by atoms with Crippen LogP contribution in [0.4, 0.5) is 5.69 Å². The molecular weight excluding hydrogens is 777 g/mol. The van der Waals surface area contributed by atoms with E-state index in [1.54, 1.807) is 0 Å². The third kappa shape index (κ3) is 24.6. The van der Waals surface area contributed by atoms with Crippen LogP contribution in [0.2, 0.25) is 0 Å². The molecule has 1 amide bonds. The average Bonchev–Trinajstić information content (AvgIpc) is 3.25. The van der Waals surface area contributed by atoms with Crippen molar-refractivity contribution in [1.82, 2.24) is 4.90 Å². The van der Waals surface area contributed by atoms with Crippen molar-refractivity contribution < 1.29 is 48.0 Å². The third-order valence-corrected chi connectivity index (χ3v) is 11.4. The van der Waals surface area contributed by atoms with Crippen LogP contribution in [0.3, 0.4) is 0 Å². The smallest absolute Gasteiger partial charge is 0.343 e. The highest BCUT2D eigenvalue weighted by atomic mass is 17.2. The Morgan fingerprint density at radius 3 is 1.62 bits per heavy atom. The number of benzene rings is 1. The Hall–Kier alpha value is -3.51. The number of carbonyl (C=O) groups is 5. The van der Waals surface area contributed by atoms with E-state index in [1.165, 1.54) is 64.2 Å². The van der Waals surface area contributed by atoms with Gasteiger partial charge >= 0.3 is 23.9 Å². The Kier molecular flexibility index (Phi) is 29.9. The van der Waals surface area contributed by atoms with Crippen LogP contribution in [0.25, 0.3) is 0 Å². The lowest BCUT2D eigenvalue weighted by Crippen LogP contribution is -2.52. The molecule has 0 aromatic heterocycles. The zero-order chi connectivity index (χ0) is 44.5. The van der Waals surface area contributed by atoms with Crippen LogP contribution in [0, 0.1) is 13.8 Å². The first-order valence-electron chi connectivity index (χ1n) is 24.1. The molecule has 0 radical (unpaired) electrons. The zero-order valence-corrected chi connectivity index (χ0v) is 38.7. The fourth-order valence-corrected chi connectivity index (χ4v) is 7.71. The van der Waals surface area contributed by atoms with Gasteiger partial charge in [0.05, 0.1) is 18.9 Å². The summed E-state index contributed by atoms with van der Waals surface area (Å²) in [6.07, 6.45) is 22.2. The minimum Gasteiger partial charge on any atom is -0.462 e. The summed E-state index contributed by atoms with van der Waals surface area (Å²) in [5.74, 6) is -2.41. The first-order chi connectivity index (χ1) is 29.6. The second kappa shape index (κ2) is 34.0. The Morgan fingerprint density at radius 2 is 1.11 bits per heavy atom. The molecule has 1 saturated heterocycles. The number of amides is 1. The number of nitrogens with zero attached hydrogens (tertiary/aromatic N) is 1. The van der Waals surface area contributed by atoms with Crippen molar-refractivity contribution in [1.29, 1.82) is 0 Å². The highest BCUT2D eigenvalue weighted by molar-refractivity contribution is 5.96. The van der Waals surface area contributed by atoms with Crippen molar-refractivity contribution in [2.24, 2.45) is 0 Å². The van der Waals surface area contributed by atoms with Crippen LogP contribution in [0.15, 0.2) is 18.2 Å². The second-order valence-corrected chi connectivity index (χ2v) is 16.9. The van der Waals surface area contributed by atoms with Gasteiger partial charge in [0.2, 0.25) is 5.91 Å². The van der Waals surface area contributed by atoms with Crippen LogP contribution in [-0.2, 0) is 48.0 Å². The van der Waals surface area contributed by atoms with E-state index in [0.29, 0.717) is 32.2 Å². The average molecular weight is 859 g/mol. The highest BCUT2D eigenvalue weighted by Gasteiger charge is 2.35. The normalized spacial score (nSPS) is 14.7. The number of aryl methyl sites for hydroxylation is 2. The number of hydrogen-bond donors (Lipinski definition) is 1. The second-order valence-electron chi connectivity index (χ2n) is 16.9. The molecule has 0 saturated carbocycles. The lowest BCUT2D eigenvalue weighted by Gasteiger charge is -2.38. The molecule has 61 heavy (non-hydrogen) atoms. The Morgan fingerprint density at radius 1 is 0.623 bits per heavy atom. The summed E-state index contributed by atoms with van der Waals surface area (Å²) in [7, 11) is 0. The molecule has 2 atom stereocenters. The van der Waals surface area contributed by atoms with E-state index in [0.717, 1.165) is 74.6 Å². The molecule has 12 nitrogen and oxygen atoms in total. The largest absolute Gasteiger partial charge is 0.462 e. The predicted octanol–water partition coefficient (Wildman–Crippen LogP) is 11.3. The lowest BCUT2D eigenvalue weighted by atomic mass is 9.99. The summed E-state index contributed by atoms with van der Waals surface area (Å²) in [5, 5.41) is 3.11. The molecule has 1 aromatic carbocycles. The van der Waals surface area contributed by atoms with Gasteiger partial charge in [-0.3, -0.25) is 29.0 Å². The van der Waals surface area contributed by atoms with Gasteiger partial charge in [-0.2, -0.15) is 4.89 Å². The van der Waals surface area contributed by atoms with Gasteiger partial charge in [0.25, 0.3) is 0 Å². The highest BCUT2D eigenvalue weighted by Crippen LogP contribution is 2.26. The third-order valence-electron chi connectivity index (χ3n) is 11.4. The standard InChI is InChI=1S/C49H82N2O10/c1-6-9-11-13-15-17-19-21-23-32-44(52)57-37-41(38-58-45(53)33-24-22-20-18-16-14-12-10-7-2)59-46(54)34-35-47(55)61-60-43(28-8-3)51-36-26-25-31-42(51)49(56)50-48-39(4)29-27-30-40(48)5/h27,29-30,41-43H,6-26,28,31-38H2,1-5H3,(H,50,56). The van der Waals surface area contributed by atoms with E-state index in [9.17, 15) is 24.0 Å². The Balaban J connectivity index is 1.87. The van der Waals surface area contributed by atoms with Gasteiger partial charge in [0, 0.05) is 25.1 Å². The van der Waals surface area contributed by atoms with Crippen molar-refractivity contribution in [2.45, 2.75) is 226 Å². The topological polar surface area (TPSA) is 147 Å². The van der Waals surface area contributed by atoms with Crippen LogP contribution >= 0.6 is 0 Å². The summed E-state index contributed by atoms with van der Waals surface area (Å²) >= 11 is 0. The molecule has 12 heteroatoms. The van der Waals surface area contributed by atoms with Crippen LogP contribution < -0.4 is 5.32 Å². The molecule has 2 rings (SSSR count). The van der Waals surface area contributed by atoms with Gasteiger partial charge in [0.15, 0.2) is 12.3 Å². The molecule has 0 bridgehead atoms. The number of anilines is 1. The van der Waals surface area contributed by atoms with Crippen molar-refractivity contribution >= 4 is 35.5 Å². The molecular formula is C49H82N2O10. The van der Waals surface area contributed by atoms with Gasteiger partial charge < -0.3 is 19.5 Å². The number of carbonyl (C=O) groups excluding carboxylic acids is 5. The number of hydrogen-bond acceptors (Lipinski definition) is 11. The first-order valence-corrected chi connectivity index (χ1v) is 24.1.